The van der Waals surface area contributed by atoms with Crippen LogP contribution in [0.25, 0.3) is 0 Å². The third-order valence-corrected chi connectivity index (χ3v) is 7.07. The number of cyclic esters (lactones) is 1. The molecular formula is C20H32BrNO6. The Bertz CT molecular complexity index is 661. The summed E-state index contributed by atoms with van der Waals surface area (Å²) < 4.78 is 12.1. The summed E-state index contributed by atoms with van der Waals surface area (Å²) in [6, 6.07) is -0.0199. The molecule has 2 fully saturated rings. The summed E-state index contributed by atoms with van der Waals surface area (Å²) in [7, 11) is 0. The minimum Gasteiger partial charge on any atom is -1.00 e. The van der Waals surface area contributed by atoms with Crippen LogP contribution in [0.15, 0.2) is 11.6 Å². The van der Waals surface area contributed by atoms with Crippen LogP contribution in [0.2, 0.25) is 0 Å². The van der Waals surface area contributed by atoms with Crippen molar-refractivity contribution in [3.63, 3.8) is 0 Å². The van der Waals surface area contributed by atoms with Crippen molar-refractivity contribution in [3.05, 3.63) is 11.6 Å². The number of carbonyl (C=O) groups is 2. The Balaban J connectivity index is 0.00000280. The maximum absolute atomic E-state index is 12.8. The molecule has 3 heterocycles. The minimum atomic E-state index is -2.22. The van der Waals surface area contributed by atoms with Gasteiger partial charge in [0.2, 0.25) is 0 Å². The summed E-state index contributed by atoms with van der Waals surface area (Å²) >= 11 is 0. The molecule has 7 nitrogen and oxygen atoms in total. The van der Waals surface area contributed by atoms with Crippen molar-refractivity contribution in [2.24, 2.45) is 5.92 Å². The van der Waals surface area contributed by atoms with E-state index in [9.17, 15) is 19.8 Å². The van der Waals surface area contributed by atoms with Crippen molar-refractivity contribution in [3.8, 4) is 0 Å². The molecule has 3 aliphatic heterocycles. The quantitative estimate of drug-likeness (QED) is 0.285. The van der Waals surface area contributed by atoms with Crippen molar-refractivity contribution < 1.29 is 50.7 Å². The lowest BCUT2D eigenvalue weighted by molar-refractivity contribution is -0.925. The van der Waals surface area contributed by atoms with E-state index < -0.39 is 29.1 Å². The average Bonchev–Trinajstić information content (AvgIpc) is 3.14. The SMILES string of the molecule is CCCC[N+]12CC=C3COC(=O)C(C)(O)C(C)(O)C(C)C(=O)OC(CC1)C32.[Br-]. The molecule has 0 radical (unpaired) electrons. The molecule has 2 saturated heterocycles. The van der Waals surface area contributed by atoms with Crippen LogP contribution in [0.4, 0.5) is 0 Å². The van der Waals surface area contributed by atoms with Crippen molar-refractivity contribution in [1.82, 2.24) is 0 Å². The van der Waals surface area contributed by atoms with Crippen molar-refractivity contribution in [1.29, 1.82) is 0 Å². The normalized spacial score (nSPS) is 43.2. The average molecular weight is 462 g/mol. The molecule has 3 rings (SSSR count). The molecule has 3 aliphatic rings. The third-order valence-electron chi connectivity index (χ3n) is 7.07. The van der Waals surface area contributed by atoms with Gasteiger partial charge in [-0.05, 0) is 33.3 Å². The molecule has 0 aliphatic carbocycles. The number of nitrogens with zero attached hydrogens (tertiary/aromatic N) is 1. The molecule has 2 N–H and O–H groups in total. The minimum absolute atomic E-state index is 0. The smallest absolute Gasteiger partial charge is 0.341 e. The van der Waals surface area contributed by atoms with Crippen LogP contribution in [-0.2, 0) is 19.1 Å². The third kappa shape index (κ3) is 3.53. The fourth-order valence-electron chi connectivity index (χ4n) is 4.73. The Morgan fingerprint density at radius 2 is 1.96 bits per heavy atom. The zero-order valence-corrected chi connectivity index (χ0v) is 18.7. The summed E-state index contributed by atoms with van der Waals surface area (Å²) in [5.41, 5.74) is -3.29. The predicted octanol–water partition coefficient (Wildman–Crippen LogP) is -2.07. The fraction of sp³-hybridized carbons (Fsp3) is 0.800. The molecule has 0 aromatic heterocycles. The van der Waals surface area contributed by atoms with Gasteiger partial charge < -0.3 is 41.2 Å². The molecule has 0 amide bonds. The van der Waals surface area contributed by atoms with Gasteiger partial charge in [-0.3, -0.25) is 4.79 Å². The number of rotatable bonds is 3. The van der Waals surface area contributed by atoms with E-state index in [1.54, 1.807) is 0 Å². The number of halogens is 1. The summed E-state index contributed by atoms with van der Waals surface area (Å²) in [4.78, 5) is 25.3. The summed E-state index contributed by atoms with van der Waals surface area (Å²) in [6.07, 6.45) is 4.70. The second kappa shape index (κ2) is 8.05. The first kappa shape index (κ1) is 23.3. The maximum atomic E-state index is 12.8. The zero-order valence-electron chi connectivity index (χ0n) is 17.1. The summed E-state index contributed by atoms with van der Waals surface area (Å²) in [5, 5.41) is 21.5. The van der Waals surface area contributed by atoms with Crippen LogP contribution in [0.5, 0.6) is 0 Å². The highest BCUT2D eigenvalue weighted by Gasteiger charge is 2.59. The Labute approximate surface area is 177 Å². The lowest BCUT2D eigenvalue weighted by Crippen LogP contribution is -3.00. The standard InChI is InChI=1S/C20H32NO6.BrH/c1-5-6-9-21-10-7-14-12-26-18(23)20(4,25)19(3,24)13(2)17(22)27-15(8-11-21)16(14)21;/h7,13,15-16,24-25H,5-6,8-12H2,1-4H3;1H/q+1;/p-1. The number of aliphatic hydroxyl groups is 2. The van der Waals surface area contributed by atoms with Crippen molar-refractivity contribution in [2.45, 2.75) is 70.3 Å². The van der Waals surface area contributed by atoms with Crippen LogP contribution in [0, 0.1) is 5.92 Å². The Kier molecular flexibility index (Phi) is 6.70. The molecule has 8 heteroatoms. The maximum Gasteiger partial charge on any atom is 0.341 e. The van der Waals surface area contributed by atoms with Gasteiger partial charge in [0.15, 0.2) is 17.7 Å². The van der Waals surface area contributed by atoms with Gasteiger partial charge in [0.05, 0.1) is 25.6 Å². The van der Waals surface area contributed by atoms with Crippen LogP contribution < -0.4 is 17.0 Å². The Hall–Kier alpha value is -0.960. The molecule has 0 aromatic carbocycles. The van der Waals surface area contributed by atoms with E-state index in [1.807, 2.05) is 0 Å². The lowest BCUT2D eigenvalue weighted by atomic mass is 9.76. The fourth-order valence-corrected chi connectivity index (χ4v) is 4.73. The van der Waals surface area contributed by atoms with E-state index in [4.69, 9.17) is 9.47 Å². The number of esters is 2. The molecule has 0 saturated carbocycles. The topological polar surface area (TPSA) is 93.1 Å². The molecule has 0 bridgehead atoms. The van der Waals surface area contributed by atoms with E-state index in [-0.39, 0.29) is 35.7 Å². The number of quaternary nitrogens is 1. The molecule has 6 atom stereocenters. The van der Waals surface area contributed by atoms with Gasteiger partial charge >= 0.3 is 11.9 Å². The number of hydrogen-bond donors (Lipinski definition) is 2. The highest BCUT2D eigenvalue weighted by atomic mass is 79.9. The molecule has 0 spiro atoms. The number of carbonyl (C=O) groups excluding carboxylic acids is 2. The van der Waals surface area contributed by atoms with Gasteiger partial charge in [0.1, 0.15) is 12.2 Å². The largest absolute Gasteiger partial charge is 1.00 e. The van der Waals surface area contributed by atoms with Crippen LogP contribution in [-0.4, -0.2) is 76.2 Å². The van der Waals surface area contributed by atoms with Crippen molar-refractivity contribution in [2.75, 3.05) is 26.2 Å². The summed E-state index contributed by atoms with van der Waals surface area (Å²) in [5.74, 6) is -2.60. The van der Waals surface area contributed by atoms with Crippen LogP contribution in [0.3, 0.4) is 0 Å². The predicted molar refractivity (Wildman–Crippen MR) is 97.5 cm³/mol. The number of hydrogen-bond acceptors (Lipinski definition) is 6. The molecule has 160 valence electrons. The van der Waals surface area contributed by atoms with Crippen LogP contribution in [0.1, 0.15) is 47.0 Å². The first-order valence-electron chi connectivity index (χ1n) is 9.94. The van der Waals surface area contributed by atoms with E-state index in [2.05, 4.69) is 13.0 Å². The van der Waals surface area contributed by atoms with E-state index >= 15 is 0 Å². The number of unbranched alkanes of at least 4 members (excludes halogenated alkanes) is 1. The van der Waals surface area contributed by atoms with E-state index in [0.717, 1.165) is 49.0 Å². The molecule has 6 unspecified atom stereocenters. The van der Waals surface area contributed by atoms with Crippen molar-refractivity contribution >= 4 is 11.9 Å². The lowest BCUT2D eigenvalue weighted by Gasteiger charge is -2.39. The second-order valence-electron chi connectivity index (χ2n) is 8.71. The van der Waals surface area contributed by atoms with Gasteiger partial charge in [-0.25, -0.2) is 4.79 Å². The monoisotopic (exact) mass is 461 g/mol. The molecule has 28 heavy (non-hydrogen) atoms. The van der Waals surface area contributed by atoms with Gasteiger partial charge in [-0.1, -0.05) is 13.3 Å². The van der Waals surface area contributed by atoms with E-state index in [1.165, 1.54) is 20.8 Å². The van der Waals surface area contributed by atoms with Gasteiger partial charge in [0.25, 0.3) is 0 Å². The van der Waals surface area contributed by atoms with E-state index in [0.29, 0.717) is 0 Å². The first-order chi connectivity index (χ1) is 12.6. The highest BCUT2D eigenvalue weighted by molar-refractivity contribution is 5.83. The zero-order chi connectivity index (χ0) is 20.0. The Morgan fingerprint density at radius 1 is 1.29 bits per heavy atom. The molecular weight excluding hydrogens is 430 g/mol. The van der Waals surface area contributed by atoms with Gasteiger partial charge in [-0.15, -0.1) is 0 Å². The Morgan fingerprint density at radius 3 is 2.61 bits per heavy atom. The van der Waals surface area contributed by atoms with Gasteiger partial charge in [0, 0.05) is 12.0 Å². The molecule has 0 aromatic rings. The van der Waals surface area contributed by atoms with Gasteiger partial charge in [-0.2, -0.15) is 0 Å². The second-order valence-corrected chi connectivity index (χ2v) is 8.71. The number of ether oxygens (including phenoxy) is 2. The first-order valence-corrected chi connectivity index (χ1v) is 9.94. The summed E-state index contributed by atoms with van der Waals surface area (Å²) in [6.45, 7) is 8.88. The highest BCUT2D eigenvalue weighted by Crippen LogP contribution is 2.41. The van der Waals surface area contributed by atoms with Crippen LogP contribution >= 0.6 is 0 Å².